The Balaban J connectivity index is 3.14. The van der Waals surface area contributed by atoms with Crippen molar-refractivity contribution < 1.29 is 13.2 Å². The van der Waals surface area contributed by atoms with Gasteiger partial charge in [-0.25, -0.2) is 0 Å². The van der Waals surface area contributed by atoms with Crippen molar-refractivity contribution in [3.63, 3.8) is 0 Å². The highest BCUT2D eigenvalue weighted by atomic mass is 19.4. The van der Waals surface area contributed by atoms with E-state index in [1.807, 2.05) is 13.0 Å². The summed E-state index contributed by atoms with van der Waals surface area (Å²) >= 11 is 0. The number of rotatable bonds is 3. The lowest BCUT2D eigenvalue weighted by Crippen LogP contribution is -2.10. The molecule has 0 bridgehead atoms. The second-order valence-corrected chi connectivity index (χ2v) is 4.80. The Kier molecular flexibility index (Phi) is 4.23. The van der Waals surface area contributed by atoms with E-state index in [-0.39, 0.29) is 5.92 Å². The lowest BCUT2D eigenvalue weighted by molar-refractivity contribution is -0.137. The van der Waals surface area contributed by atoms with Crippen LogP contribution in [0.25, 0.3) is 0 Å². The number of aryl methyl sites for hydroxylation is 1. The van der Waals surface area contributed by atoms with Crippen LogP contribution in [-0.4, -0.2) is 0 Å². The molecule has 17 heavy (non-hydrogen) atoms. The zero-order valence-electron chi connectivity index (χ0n) is 10.7. The van der Waals surface area contributed by atoms with Gasteiger partial charge in [-0.2, -0.15) is 13.2 Å². The molecule has 0 heterocycles. The molecule has 0 aliphatic heterocycles. The van der Waals surface area contributed by atoms with E-state index in [2.05, 4.69) is 13.8 Å². The monoisotopic (exact) mass is 244 g/mol. The molecule has 3 heteroatoms. The lowest BCUT2D eigenvalue weighted by Gasteiger charge is -2.20. The average Bonchev–Trinajstić information content (AvgIpc) is 2.25. The van der Waals surface area contributed by atoms with Crippen molar-refractivity contribution in [1.82, 2.24) is 0 Å². The van der Waals surface area contributed by atoms with Crippen LogP contribution >= 0.6 is 0 Å². The first-order valence-corrected chi connectivity index (χ1v) is 5.94. The van der Waals surface area contributed by atoms with Crippen LogP contribution in [0.5, 0.6) is 0 Å². The average molecular weight is 244 g/mol. The summed E-state index contributed by atoms with van der Waals surface area (Å²) in [5, 5.41) is 0. The van der Waals surface area contributed by atoms with E-state index in [1.54, 1.807) is 6.92 Å². The number of alkyl halides is 3. The Morgan fingerprint density at radius 1 is 1.12 bits per heavy atom. The van der Waals surface area contributed by atoms with Crippen molar-refractivity contribution in [3.05, 3.63) is 34.9 Å². The number of halogens is 3. The van der Waals surface area contributed by atoms with Crippen LogP contribution in [0.3, 0.4) is 0 Å². The molecule has 0 radical (unpaired) electrons. The Hall–Kier alpha value is -0.990. The Bertz CT molecular complexity index is 380. The summed E-state index contributed by atoms with van der Waals surface area (Å²) in [6, 6.07) is 4.34. The first kappa shape index (κ1) is 14.1. The van der Waals surface area contributed by atoms with Crippen LogP contribution in [0.4, 0.5) is 13.2 Å². The Morgan fingerprint density at radius 3 is 2.18 bits per heavy atom. The molecule has 0 fully saturated rings. The van der Waals surface area contributed by atoms with Crippen LogP contribution in [0.1, 0.15) is 49.8 Å². The van der Waals surface area contributed by atoms with Gasteiger partial charge in [0.15, 0.2) is 0 Å². The Morgan fingerprint density at radius 2 is 1.71 bits per heavy atom. The van der Waals surface area contributed by atoms with E-state index in [9.17, 15) is 13.2 Å². The van der Waals surface area contributed by atoms with Crippen LogP contribution in [0.15, 0.2) is 18.2 Å². The molecule has 1 rings (SSSR count). The highest BCUT2D eigenvalue weighted by molar-refractivity contribution is 5.33. The number of hydrogen-bond donors (Lipinski definition) is 0. The topological polar surface area (TPSA) is 0 Å². The molecule has 96 valence electrons. The van der Waals surface area contributed by atoms with Crippen LogP contribution < -0.4 is 0 Å². The fraction of sp³-hybridized carbons (Fsp3) is 0.571. The molecular weight excluding hydrogens is 225 g/mol. The van der Waals surface area contributed by atoms with E-state index in [0.717, 1.165) is 12.0 Å². The quantitative estimate of drug-likeness (QED) is 0.688. The van der Waals surface area contributed by atoms with Gasteiger partial charge in [-0.3, -0.25) is 0 Å². The van der Waals surface area contributed by atoms with Gasteiger partial charge in [0.05, 0.1) is 5.56 Å². The third kappa shape index (κ3) is 3.48. The minimum absolute atomic E-state index is 0.154. The zero-order valence-corrected chi connectivity index (χ0v) is 10.7. The fourth-order valence-electron chi connectivity index (χ4n) is 1.92. The maximum Gasteiger partial charge on any atom is 0.416 e. The van der Waals surface area contributed by atoms with E-state index in [0.29, 0.717) is 11.5 Å². The fourth-order valence-corrected chi connectivity index (χ4v) is 1.92. The molecule has 0 N–H and O–H groups in total. The van der Waals surface area contributed by atoms with Gasteiger partial charge in [-0.05, 0) is 36.5 Å². The highest BCUT2D eigenvalue weighted by Gasteiger charge is 2.31. The van der Waals surface area contributed by atoms with Crippen LogP contribution in [0.2, 0.25) is 0 Å². The van der Waals surface area contributed by atoms with Crippen molar-refractivity contribution in [2.45, 2.75) is 46.2 Å². The van der Waals surface area contributed by atoms with Gasteiger partial charge in [0.2, 0.25) is 0 Å². The van der Waals surface area contributed by atoms with Gasteiger partial charge >= 0.3 is 6.18 Å². The highest BCUT2D eigenvalue weighted by Crippen LogP contribution is 2.34. The molecule has 2 atom stereocenters. The van der Waals surface area contributed by atoms with Gasteiger partial charge in [0.1, 0.15) is 0 Å². The van der Waals surface area contributed by atoms with Crippen molar-refractivity contribution >= 4 is 0 Å². The third-order valence-electron chi connectivity index (χ3n) is 3.45. The second-order valence-electron chi connectivity index (χ2n) is 4.80. The smallest absolute Gasteiger partial charge is 0.166 e. The summed E-state index contributed by atoms with van der Waals surface area (Å²) in [6.07, 6.45) is -3.29. The molecule has 0 saturated heterocycles. The van der Waals surface area contributed by atoms with Gasteiger partial charge in [-0.15, -0.1) is 0 Å². The van der Waals surface area contributed by atoms with Gasteiger partial charge in [0.25, 0.3) is 0 Å². The summed E-state index contributed by atoms with van der Waals surface area (Å²) in [5.41, 5.74) is 0.916. The molecule has 0 amide bonds. The van der Waals surface area contributed by atoms with Crippen molar-refractivity contribution in [1.29, 1.82) is 0 Å². The van der Waals surface area contributed by atoms with Crippen LogP contribution in [0, 0.1) is 12.8 Å². The van der Waals surface area contributed by atoms with Crippen molar-refractivity contribution in [3.8, 4) is 0 Å². The summed E-state index contributed by atoms with van der Waals surface area (Å²) in [5.74, 6) is 0.541. The largest absolute Gasteiger partial charge is 0.416 e. The number of hydrogen-bond acceptors (Lipinski definition) is 0. The lowest BCUT2D eigenvalue weighted by atomic mass is 9.86. The van der Waals surface area contributed by atoms with E-state index >= 15 is 0 Å². The Labute approximate surface area is 101 Å². The summed E-state index contributed by atoms with van der Waals surface area (Å²) in [4.78, 5) is 0. The van der Waals surface area contributed by atoms with Crippen molar-refractivity contribution in [2.75, 3.05) is 0 Å². The maximum absolute atomic E-state index is 12.7. The molecule has 1 aromatic carbocycles. The third-order valence-corrected chi connectivity index (χ3v) is 3.45. The number of benzene rings is 1. The summed E-state index contributed by atoms with van der Waals surface area (Å²) in [7, 11) is 0. The van der Waals surface area contributed by atoms with Crippen molar-refractivity contribution in [2.24, 2.45) is 5.92 Å². The molecule has 0 saturated carbocycles. The van der Waals surface area contributed by atoms with E-state index in [4.69, 9.17) is 0 Å². The molecule has 2 unspecified atom stereocenters. The molecule has 0 aliphatic rings. The SMILES string of the molecule is CCC(C)C(C)c1cc(C)cc(C(F)(F)F)c1. The normalized spacial score (nSPS) is 15.7. The molecule has 1 aromatic rings. The van der Waals surface area contributed by atoms with Gasteiger partial charge in [0, 0.05) is 0 Å². The maximum atomic E-state index is 12.7. The molecule has 0 aromatic heterocycles. The molecule has 0 spiro atoms. The summed E-state index contributed by atoms with van der Waals surface area (Å²) < 4.78 is 38.1. The first-order chi connectivity index (χ1) is 7.75. The summed E-state index contributed by atoms with van der Waals surface area (Å²) in [6.45, 7) is 7.83. The van der Waals surface area contributed by atoms with E-state index in [1.165, 1.54) is 12.1 Å². The van der Waals surface area contributed by atoms with Gasteiger partial charge in [-0.1, -0.05) is 38.8 Å². The predicted octanol–water partition coefficient (Wildman–Crippen LogP) is 5.16. The molecule has 0 nitrogen and oxygen atoms in total. The van der Waals surface area contributed by atoms with E-state index < -0.39 is 11.7 Å². The predicted molar refractivity (Wildman–Crippen MR) is 64.1 cm³/mol. The van der Waals surface area contributed by atoms with Crippen LogP contribution in [-0.2, 0) is 6.18 Å². The second kappa shape index (κ2) is 5.11. The zero-order chi connectivity index (χ0) is 13.2. The van der Waals surface area contributed by atoms with Gasteiger partial charge < -0.3 is 0 Å². The standard InChI is InChI=1S/C14H19F3/c1-5-10(3)11(4)12-6-9(2)7-13(8-12)14(15,16)17/h6-8,10-11H,5H2,1-4H3. The molecular formula is C14H19F3. The minimum atomic E-state index is -4.25. The molecule has 0 aliphatic carbocycles. The first-order valence-electron chi connectivity index (χ1n) is 5.94. The minimum Gasteiger partial charge on any atom is -0.166 e.